The van der Waals surface area contributed by atoms with Gasteiger partial charge in [-0.3, -0.25) is 0 Å². The smallest absolute Gasteiger partial charge is 0.106 e. The Balaban J connectivity index is 2.42. The number of hydrogen-bond acceptors (Lipinski definition) is 3. The van der Waals surface area contributed by atoms with Crippen LogP contribution in [0.15, 0.2) is 16.5 Å². The van der Waals surface area contributed by atoms with E-state index < -0.39 is 0 Å². The first-order chi connectivity index (χ1) is 7.49. The number of aryl methyl sites for hydroxylation is 4. The van der Waals surface area contributed by atoms with E-state index in [2.05, 4.69) is 19.9 Å². The SMILES string of the molecule is Cc1cc(C(N)c2sc(C)cc2C)c(C)o1. The van der Waals surface area contributed by atoms with Gasteiger partial charge in [0.15, 0.2) is 0 Å². The largest absolute Gasteiger partial charge is 0.466 e. The van der Waals surface area contributed by atoms with E-state index in [9.17, 15) is 0 Å². The molecule has 16 heavy (non-hydrogen) atoms. The summed E-state index contributed by atoms with van der Waals surface area (Å²) < 4.78 is 5.53. The maximum absolute atomic E-state index is 6.30. The van der Waals surface area contributed by atoms with Crippen molar-refractivity contribution in [2.24, 2.45) is 5.73 Å². The first-order valence-electron chi connectivity index (χ1n) is 5.38. The molecule has 0 amide bonds. The summed E-state index contributed by atoms with van der Waals surface area (Å²) in [6.45, 7) is 8.15. The molecule has 0 aliphatic rings. The maximum Gasteiger partial charge on any atom is 0.106 e. The Kier molecular flexibility index (Phi) is 2.91. The van der Waals surface area contributed by atoms with Crippen LogP contribution in [0.3, 0.4) is 0 Å². The molecule has 86 valence electrons. The Labute approximate surface area is 100 Å². The molecule has 0 bridgehead atoms. The van der Waals surface area contributed by atoms with Crippen LogP contribution in [0, 0.1) is 27.7 Å². The molecule has 2 rings (SSSR count). The van der Waals surface area contributed by atoms with E-state index in [0.717, 1.165) is 17.1 Å². The number of furan rings is 1. The Morgan fingerprint density at radius 1 is 1.19 bits per heavy atom. The van der Waals surface area contributed by atoms with Crippen molar-refractivity contribution in [2.45, 2.75) is 33.7 Å². The van der Waals surface area contributed by atoms with Gasteiger partial charge < -0.3 is 10.2 Å². The highest BCUT2D eigenvalue weighted by Gasteiger charge is 2.18. The summed E-state index contributed by atoms with van der Waals surface area (Å²) in [5.41, 5.74) is 8.67. The Hall–Kier alpha value is -1.06. The average molecular weight is 235 g/mol. The highest BCUT2D eigenvalue weighted by atomic mass is 32.1. The van der Waals surface area contributed by atoms with E-state index in [0.29, 0.717) is 0 Å². The zero-order valence-corrected chi connectivity index (χ0v) is 10.9. The lowest BCUT2D eigenvalue weighted by Gasteiger charge is -2.09. The third-order valence-electron chi connectivity index (χ3n) is 2.78. The summed E-state index contributed by atoms with van der Waals surface area (Å²) in [6.07, 6.45) is 0. The van der Waals surface area contributed by atoms with Gasteiger partial charge >= 0.3 is 0 Å². The van der Waals surface area contributed by atoms with E-state index in [1.165, 1.54) is 15.3 Å². The lowest BCUT2D eigenvalue weighted by atomic mass is 10.0. The van der Waals surface area contributed by atoms with Crippen molar-refractivity contribution in [3.8, 4) is 0 Å². The molecule has 2 aromatic rings. The Morgan fingerprint density at radius 3 is 2.31 bits per heavy atom. The molecule has 0 fully saturated rings. The molecule has 0 spiro atoms. The second-order valence-electron chi connectivity index (χ2n) is 4.25. The molecule has 2 nitrogen and oxygen atoms in total. The van der Waals surface area contributed by atoms with Gasteiger partial charge in [-0.05, 0) is 45.4 Å². The van der Waals surface area contributed by atoms with Crippen molar-refractivity contribution in [1.29, 1.82) is 0 Å². The van der Waals surface area contributed by atoms with Crippen molar-refractivity contribution < 1.29 is 4.42 Å². The van der Waals surface area contributed by atoms with Crippen molar-refractivity contribution in [2.75, 3.05) is 0 Å². The van der Waals surface area contributed by atoms with Gasteiger partial charge in [0.2, 0.25) is 0 Å². The standard InChI is InChI=1S/C13H17NOS/c1-7-5-9(3)16-13(7)12(14)11-6-8(2)15-10(11)4/h5-6,12H,14H2,1-4H3. The molecule has 0 aromatic carbocycles. The van der Waals surface area contributed by atoms with Gasteiger partial charge in [0.05, 0.1) is 6.04 Å². The van der Waals surface area contributed by atoms with Crippen molar-refractivity contribution in [1.82, 2.24) is 0 Å². The predicted molar refractivity (Wildman–Crippen MR) is 68.0 cm³/mol. The van der Waals surface area contributed by atoms with Crippen LogP contribution in [0.1, 0.15) is 38.4 Å². The predicted octanol–water partition coefficient (Wildman–Crippen LogP) is 3.62. The molecule has 0 aliphatic carbocycles. The van der Waals surface area contributed by atoms with Crippen LogP contribution in [0.4, 0.5) is 0 Å². The highest BCUT2D eigenvalue weighted by molar-refractivity contribution is 7.12. The average Bonchev–Trinajstić information content (AvgIpc) is 2.68. The fourth-order valence-electron chi connectivity index (χ4n) is 2.07. The van der Waals surface area contributed by atoms with Crippen LogP contribution in [0.5, 0.6) is 0 Å². The summed E-state index contributed by atoms with van der Waals surface area (Å²) in [5.74, 6) is 1.85. The number of thiophene rings is 1. The van der Waals surface area contributed by atoms with Gasteiger partial charge in [-0.15, -0.1) is 11.3 Å². The summed E-state index contributed by atoms with van der Waals surface area (Å²) in [6, 6.07) is 4.16. The van der Waals surface area contributed by atoms with E-state index in [-0.39, 0.29) is 6.04 Å². The second kappa shape index (κ2) is 4.07. The van der Waals surface area contributed by atoms with Crippen LogP contribution >= 0.6 is 11.3 Å². The molecular weight excluding hydrogens is 218 g/mol. The monoisotopic (exact) mass is 235 g/mol. The van der Waals surface area contributed by atoms with Gasteiger partial charge in [-0.1, -0.05) is 0 Å². The van der Waals surface area contributed by atoms with Gasteiger partial charge in [0.1, 0.15) is 11.5 Å². The van der Waals surface area contributed by atoms with Gasteiger partial charge in [0, 0.05) is 15.3 Å². The molecule has 1 atom stereocenters. The molecule has 2 heterocycles. The fourth-order valence-corrected chi connectivity index (χ4v) is 3.13. The topological polar surface area (TPSA) is 39.2 Å². The number of rotatable bonds is 2. The summed E-state index contributed by atoms with van der Waals surface area (Å²) in [5, 5.41) is 0. The van der Waals surface area contributed by atoms with E-state index in [1.54, 1.807) is 11.3 Å². The quantitative estimate of drug-likeness (QED) is 0.863. The van der Waals surface area contributed by atoms with Crippen molar-refractivity contribution >= 4 is 11.3 Å². The zero-order valence-electron chi connectivity index (χ0n) is 10.1. The molecule has 0 saturated carbocycles. The third-order valence-corrected chi connectivity index (χ3v) is 4.01. The summed E-state index contributed by atoms with van der Waals surface area (Å²) in [4.78, 5) is 2.54. The molecule has 2 N–H and O–H groups in total. The minimum atomic E-state index is -0.0591. The van der Waals surface area contributed by atoms with Crippen LogP contribution in [0.2, 0.25) is 0 Å². The third kappa shape index (κ3) is 1.93. The van der Waals surface area contributed by atoms with Crippen molar-refractivity contribution in [3.05, 3.63) is 44.5 Å². The van der Waals surface area contributed by atoms with Crippen molar-refractivity contribution in [3.63, 3.8) is 0 Å². The molecule has 0 radical (unpaired) electrons. The minimum Gasteiger partial charge on any atom is -0.466 e. The summed E-state index contributed by atoms with van der Waals surface area (Å²) >= 11 is 1.77. The van der Waals surface area contributed by atoms with Crippen LogP contribution < -0.4 is 5.73 Å². The number of nitrogens with two attached hydrogens (primary N) is 1. The van der Waals surface area contributed by atoms with Crippen LogP contribution in [0.25, 0.3) is 0 Å². The molecule has 0 saturated heterocycles. The summed E-state index contributed by atoms with van der Waals surface area (Å²) in [7, 11) is 0. The van der Waals surface area contributed by atoms with Gasteiger partial charge in [0.25, 0.3) is 0 Å². The fraction of sp³-hybridized carbons (Fsp3) is 0.385. The molecule has 2 aromatic heterocycles. The Morgan fingerprint density at radius 2 is 1.88 bits per heavy atom. The molecule has 0 aliphatic heterocycles. The second-order valence-corrected chi connectivity index (χ2v) is 5.54. The lowest BCUT2D eigenvalue weighted by molar-refractivity contribution is 0.500. The highest BCUT2D eigenvalue weighted by Crippen LogP contribution is 2.32. The minimum absolute atomic E-state index is 0.0591. The molecule has 3 heteroatoms. The van der Waals surface area contributed by atoms with Gasteiger partial charge in [-0.2, -0.15) is 0 Å². The normalized spacial score (nSPS) is 13.1. The van der Waals surface area contributed by atoms with Gasteiger partial charge in [-0.25, -0.2) is 0 Å². The van der Waals surface area contributed by atoms with E-state index in [1.807, 2.05) is 19.9 Å². The lowest BCUT2D eigenvalue weighted by Crippen LogP contribution is -2.11. The van der Waals surface area contributed by atoms with E-state index in [4.69, 9.17) is 10.2 Å². The zero-order chi connectivity index (χ0) is 11.9. The first-order valence-corrected chi connectivity index (χ1v) is 6.20. The molecule has 1 unspecified atom stereocenters. The van der Waals surface area contributed by atoms with Crippen LogP contribution in [-0.4, -0.2) is 0 Å². The number of hydrogen-bond donors (Lipinski definition) is 1. The Bertz CT molecular complexity index is 464. The molecular formula is C13H17NOS. The van der Waals surface area contributed by atoms with Crippen LogP contribution in [-0.2, 0) is 0 Å². The maximum atomic E-state index is 6.30. The van der Waals surface area contributed by atoms with E-state index >= 15 is 0 Å². The first kappa shape index (κ1) is 11.4.